The van der Waals surface area contributed by atoms with Crippen molar-refractivity contribution in [1.82, 2.24) is 4.98 Å². The van der Waals surface area contributed by atoms with E-state index in [1.807, 2.05) is 42.0 Å². The van der Waals surface area contributed by atoms with E-state index in [2.05, 4.69) is 48.3 Å². The Morgan fingerprint density at radius 3 is 2.50 bits per heavy atom. The lowest BCUT2D eigenvalue weighted by Crippen LogP contribution is -2.16. The minimum absolute atomic E-state index is 0.0228. The van der Waals surface area contributed by atoms with Gasteiger partial charge in [0.2, 0.25) is 0 Å². The van der Waals surface area contributed by atoms with Crippen molar-refractivity contribution >= 4 is 23.5 Å². The summed E-state index contributed by atoms with van der Waals surface area (Å²) in [6.45, 7) is 2.30. The lowest BCUT2D eigenvalue weighted by molar-refractivity contribution is 1.05. The van der Waals surface area contributed by atoms with Crippen LogP contribution in [0, 0.1) is 0 Å². The highest BCUT2D eigenvalue weighted by atomic mass is 32.2. The van der Waals surface area contributed by atoms with Crippen molar-refractivity contribution in [2.45, 2.75) is 16.3 Å². The molecule has 3 heteroatoms. The molecule has 1 aliphatic heterocycles. The lowest BCUT2D eigenvalue weighted by atomic mass is 10.1. The highest BCUT2D eigenvalue weighted by molar-refractivity contribution is 8.21. The summed E-state index contributed by atoms with van der Waals surface area (Å²) in [7, 11) is 0. The average molecular weight is 273 g/mol. The lowest BCUT2D eigenvalue weighted by Gasteiger charge is -2.28. The van der Waals surface area contributed by atoms with Gasteiger partial charge in [0, 0.05) is 29.0 Å². The molecule has 92 valence electrons. The third-order valence-corrected chi connectivity index (χ3v) is 6.85. The summed E-state index contributed by atoms with van der Waals surface area (Å²) in [6, 6.07) is 15.0. The fourth-order valence-corrected chi connectivity index (χ4v) is 5.87. The Labute approximate surface area is 116 Å². The van der Waals surface area contributed by atoms with Crippen LogP contribution in [-0.4, -0.2) is 16.0 Å². The van der Waals surface area contributed by atoms with Crippen LogP contribution in [0.4, 0.5) is 0 Å². The Hall–Kier alpha value is -0.930. The molecule has 1 aliphatic rings. The molecule has 0 aliphatic carbocycles. The fourth-order valence-electron chi connectivity index (χ4n) is 2.27. The molecule has 18 heavy (non-hydrogen) atoms. The number of aromatic nitrogens is 1. The van der Waals surface area contributed by atoms with Crippen molar-refractivity contribution in [2.75, 3.05) is 5.75 Å². The van der Waals surface area contributed by atoms with E-state index in [-0.39, 0.29) is 4.08 Å². The summed E-state index contributed by atoms with van der Waals surface area (Å²) in [4.78, 5) is 4.30. The summed E-state index contributed by atoms with van der Waals surface area (Å²) in [5.41, 5.74) is 2.67. The SMILES string of the molecule is CC1CSC(c2ccccc2)(c2cccnc2)S1. The predicted molar refractivity (Wildman–Crippen MR) is 81.0 cm³/mol. The molecule has 0 N–H and O–H groups in total. The van der Waals surface area contributed by atoms with Gasteiger partial charge in [-0.2, -0.15) is 0 Å². The number of hydrogen-bond acceptors (Lipinski definition) is 3. The van der Waals surface area contributed by atoms with Gasteiger partial charge in [-0.3, -0.25) is 4.98 Å². The zero-order chi connectivity index (χ0) is 12.4. The molecular formula is C15H15NS2. The monoisotopic (exact) mass is 273 g/mol. The third kappa shape index (κ3) is 2.06. The van der Waals surface area contributed by atoms with E-state index in [1.54, 1.807) is 0 Å². The molecule has 0 radical (unpaired) electrons. The van der Waals surface area contributed by atoms with E-state index in [0.29, 0.717) is 5.25 Å². The minimum Gasteiger partial charge on any atom is -0.264 e. The first kappa shape index (κ1) is 12.1. The summed E-state index contributed by atoms with van der Waals surface area (Å²) in [6.07, 6.45) is 3.85. The Morgan fingerprint density at radius 2 is 1.89 bits per heavy atom. The van der Waals surface area contributed by atoms with Crippen LogP contribution in [0.15, 0.2) is 54.9 Å². The molecule has 2 unspecified atom stereocenters. The second-order valence-electron chi connectivity index (χ2n) is 4.46. The zero-order valence-corrected chi connectivity index (χ0v) is 11.9. The summed E-state index contributed by atoms with van der Waals surface area (Å²) in [5, 5.41) is 0.676. The summed E-state index contributed by atoms with van der Waals surface area (Å²) in [5.74, 6) is 1.19. The number of benzene rings is 1. The van der Waals surface area contributed by atoms with Crippen molar-refractivity contribution in [3.05, 3.63) is 66.0 Å². The third-order valence-electron chi connectivity index (χ3n) is 3.08. The minimum atomic E-state index is 0.0228. The first-order chi connectivity index (χ1) is 8.81. The molecule has 2 aromatic rings. The number of thioether (sulfide) groups is 2. The molecular weight excluding hydrogens is 258 g/mol. The molecule has 1 aromatic heterocycles. The average Bonchev–Trinajstić information content (AvgIpc) is 2.84. The molecule has 1 saturated heterocycles. The zero-order valence-electron chi connectivity index (χ0n) is 10.2. The number of pyridine rings is 1. The molecule has 1 fully saturated rings. The van der Waals surface area contributed by atoms with Gasteiger partial charge in [-0.15, -0.1) is 23.5 Å². The van der Waals surface area contributed by atoms with Gasteiger partial charge in [-0.05, 0) is 11.6 Å². The van der Waals surface area contributed by atoms with Crippen molar-refractivity contribution in [3.8, 4) is 0 Å². The van der Waals surface area contributed by atoms with Crippen LogP contribution >= 0.6 is 23.5 Å². The van der Waals surface area contributed by atoms with Crippen LogP contribution in [0.5, 0.6) is 0 Å². The Bertz CT molecular complexity index is 473. The van der Waals surface area contributed by atoms with Crippen LogP contribution in [0.3, 0.4) is 0 Å². The van der Waals surface area contributed by atoms with Crippen LogP contribution in [0.2, 0.25) is 0 Å². The van der Waals surface area contributed by atoms with E-state index >= 15 is 0 Å². The fraction of sp³-hybridized carbons (Fsp3) is 0.267. The van der Waals surface area contributed by atoms with Crippen LogP contribution in [0.1, 0.15) is 18.1 Å². The first-order valence-corrected chi connectivity index (χ1v) is 7.95. The van der Waals surface area contributed by atoms with E-state index in [0.717, 1.165) is 0 Å². The standard InChI is InChI=1S/C15H15NS2/c1-12-11-17-15(18-12,13-6-3-2-4-7-13)14-8-5-9-16-10-14/h2-10,12H,11H2,1H3. The maximum atomic E-state index is 4.30. The van der Waals surface area contributed by atoms with Gasteiger partial charge >= 0.3 is 0 Å². The van der Waals surface area contributed by atoms with Gasteiger partial charge in [0.25, 0.3) is 0 Å². The van der Waals surface area contributed by atoms with Gasteiger partial charge in [0.15, 0.2) is 0 Å². The molecule has 1 aromatic carbocycles. The molecule has 2 heterocycles. The van der Waals surface area contributed by atoms with E-state index in [9.17, 15) is 0 Å². The van der Waals surface area contributed by atoms with Gasteiger partial charge in [0.05, 0.1) is 0 Å². The van der Waals surface area contributed by atoms with E-state index in [4.69, 9.17) is 0 Å². The van der Waals surface area contributed by atoms with Crippen molar-refractivity contribution < 1.29 is 0 Å². The van der Waals surface area contributed by atoms with Gasteiger partial charge in [-0.1, -0.05) is 43.3 Å². The second-order valence-corrected chi connectivity index (χ2v) is 7.61. The molecule has 0 bridgehead atoms. The maximum Gasteiger partial charge on any atom is 0.113 e. The van der Waals surface area contributed by atoms with Gasteiger partial charge in [0.1, 0.15) is 4.08 Å². The van der Waals surface area contributed by atoms with Gasteiger partial charge in [-0.25, -0.2) is 0 Å². The molecule has 2 atom stereocenters. The summed E-state index contributed by atoms with van der Waals surface area (Å²) >= 11 is 4.07. The van der Waals surface area contributed by atoms with E-state index < -0.39 is 0 Å². The molecule has 3 rings (SSSR count). The Kier molecular flexibility index (Phi) is 3.35. The summed E-state index contributed by atoms with van der Waals surface area (Å²) < 4.78 is 0.0228. The molecule has 0 spiro atoms. The van der Waals surface area contributed by atoms with Crippen LogP contribution in [-0.2, 0) is 4.08 Å². The Balaban J connectivity index is 2.11. The molecule has 0 amide bonds. The Morgan fingerprint density at radius 1 is 1.11 bits per heavy atom. The predicted octanol–water partition coefficient (Wildman–Crippen LogP) is 4.15. The van der Waals surface area contributed by atoms with Crippen molar-refractivity contribution in [3.63, 3.8) is 0 Å². The normalized spacial score (nSPS) is 27.3. The number of nitrogens with zero attached hydrogens (tertiary/aromatic N) is 1. The van der Waals surface area contributed by atoms with Gasteiger partial charge < -0.3 is 0 Å². The quantitative estimate of drug-likeness (QED) is 0.816. The van der Waals surface area contributed by atoms with Crippen LogP contribution < -0.4 is 0 Å². The number of rotatable bonds is 2. The first-order valence-electron chi connectivity index (χ1n) is 6.09. The van der Waals surface area contributed by atoms with Crippen LogP contribution in [0.25, 0.3) is 0 Å². The van der Waals surface area contributed by atoms with Crippen molar-refractivity contribution in [1.29, 1.82) is 0 Å². The molecule has 0 saturated carbocycles. The molecule has 1 nitrogen and oxygen atoms in total. The highest BCUT2D eigenvalue weighted by Gasteiger charge is 2.42. The van der Waals surface area contributed by atoms with E-state index in [1.165, 1.54) is 16.9 Å². The highest BCUT2D eigenvalue weighted by Crippen LogP contribution is 2.58. The largest absolute Gasteiger partial charge is 0.264 e. The second kappa shape index (κ2) is 4.98. The van der Waals surface area contributed by atoms with Crippen molar-refractivity contribution in [2.24, 2.45) is 0 Å². The smallest absolute Gasteiger partial charge is 0.113 e. The maximum absolute atomic E-state index is 4.30. The number of hydrogen-bond donors (Lipinski definition) is 0. The topological polar surface area (TPSA) is 12.9 Å².